The van der Waals surface area contributed by atoms with Crippen molar-refractivity contribution >= 4 is 11.8 Å². The molecule has 1 aromatic carbocycles. The van der Waals surface area contributed by atoms with Crippen LogP contribution in [0.15, 0.2) is 30.3 Å². The molecule has 2 amide bonds. The molecule has 0 saturated carbocycles. The third-order valence-corrected chi connectivity index (χ3v) is 4.23. The monoisotopic (exact) mass is 287 g/mol. The zero-order valence-corrected chi connectivity index (χ0v) is 12.1. The molecule has 2 saturated heterocycles. The number of carbonyl (C=O) groups is 2. The molecular weight excluding hydrogens is 266 g/mol. The molecule has 0 aliphatic carbocycles. The standard InChI is InChI=1S/C16H21N3O2/c20-15-7-6-14(17-15)16(21)19-10-8-18(9-11-19)12-13-4-2-1-3-5-13/h1-5,14H,6-12H2,(H,17,20)/t14-/m1/s1. The van der Waals surface area contributed by atoms with Crippen molar-refractivity contribution in [3.63, 3.8) is 0 Å². The van der Waals surface area contributed by atoms with Crippen LogP contribution in [0.4, 0.5) is 0 Å². The maximum absolute atomic E-state index is 12.3. The molecule has 112 valence electrons. The van der Waals surface area contributed by atoms with Crippen molar-refractivity contribution < 1.29 is 9.59 Å². The highest BCUT2D eigenvalue weighted by Gasteiger charge is 2.32. The molecule has 5 nitrogen and oxygen atoms in total. The van der Waals surface area contributed by atoms with E-state index < -0.39 is 0 Å². The van der Waals surface area contributed by atoms with Crippen molar-refractivity contribution in [1.82, 2.24) is 15.1 Å². The Balaban J connectivity index is 1.49. The van der Waals surface area contributed by atoms with E-state index in [1.807, 2.05) is 11.0 Å². The van der Waals surface area contributed by atoms with Gasteiger partial charge in [0.2, 0.25) is 11.8 Å². The molecule has 0 radical (unpaired) electrons. The molecule has 0 aromatic heterocycles. The van der Waals surface area contributed by atoms with Gasteiger partial charge in [-0.1, -0.05) is 30.3 Å². The predicted octanol–water partition coefficient (Wildman–Crippen LogP) is 0.609. The first-order chi connectivity index (χ1) is 10.2. The number of carbonyl (C=O) groups excluding carboxylic acids is 2. The predicted molar refractivity (Wildman–Crippen MR) is 79.5 cm³/mol. The highest BCUT2D eigenvalue weighted by atomic mass is 16.2. The molecule has 0 spiro atoms. The normalized spacial score (nSPS) is 23.1. The largest absolute Gasteiger partial charge is 0.344 e. The topological polar surface area (TPSA) is 52.7 Å². The molecule has 3 rings (SSSR count). The Labute approximate surface area is 124 Å². The van der Waals surface area contributed by atoms with Crippen molar-refractivity contribution in [2.75, 3.05) is 26.2 Å². The van der Waals surface area contributed by atoms with E-state index in [4.69, 9.17) is 0 Å². The highest BCUT2D eigenvalue weighted by Crippen LogP contribution is 2.13. The zero-order valence-electron chi connectivity index (χ0n) is 12.1. The van der Waals surface area contributed by atoms with E-state index in [1.165, 1.54) is 5.56 Å². The van der Waals surface area contributed by atoms with Gasteiger partial charge in [-0.05, 0) is 12.0 Å². The Hall–Kier alpha value is -1.88. The number of benzene rings is 1. The Bertz CT molecular complexity index is 510. The molecule has 1 N–H and O–H groups in total. The minimum Gasteiger partial charge on any atom is -0.344 e. The van der Waals surface area contributed by atoms with Crippen LogP contribution in [-0.4, -0.2) is 53.8 Å². The molecule has 2 heterocycles. The van der Waals surface area contributed by atoms with E-state index in [2.05, 4.69) is 34.5 Å². The number of hydrogen-bond acceptors (Lipinski definition) is 3. The summed E-state index contributed by atoms with van der Waals surface area (Å²) >= 11 is 0. The summed E-state index contributed by atoms with van der Waals surface area (Å²) in [4.78, 5) is 27.8. The van der Waals surface area contributed by atoms with Crippen LogP contribution in [0.2, 0.25) is 0 Å². The van der Waals surface area contributed by atoms with Gasteiger partial charge in [0.05, 0.1) is 0 Å². The van der Waals surface area contributed by atoms with Gasteiger partial charge in [-0.15, -0.1) is 0 Å². The molecule has 2 aliphatic heterocycles. The fourth-order valence-corrected chi connectivity index (χ4v) is 2.99. The minimum atomic E-state index is -0.293. The summed E-state index contributed by atoms with van der Waals surface area (Å²) in [5.74, 6) is 0.0799. The molecule has 5 heteroatoms. The fourth-order valence-electron chi connectivity index (χ4n) is 2.99. The maximum atomic E-state index is 12.3. The van der Waals surface area contributed by atoms with Crippen molar-refractivity contribution in [2.24, 2.45) is 0 Å². The van der Waals surface area contributed by atoms with Gasteiger partial charge in [0, 0.05) is 39.1 Å². The molecule has 0 unspecified atom stereocenters. The van der Waals surface area contributed by atoms with Crippen LogP contribution >= 0.6 is 0 Å². The van der Waals surface area contributed by atoms with E-state index in [0.717, 1.165) is 32.7 Å². The molecule has 0 bridgehead atoms. The van der Waals surface area contributed by atoms with Crippen LogP contribution in [0.5, 0.6) is 0 Å². The van der Waals surface area contributed by atoms with Crippen molar-refractivity contribution in [3.05, 3.63) is 35.9 Å². The van der Waals surface area contributed by atoms with Crippen LogP contribution in [0.25, 0.3) is 0 Å². The second-order valence-electron chi connectivity index (χ2n) is 5.75. The Kier molecular flexibility index (Phi) is 4.20. The first-order valence-corrected chi connectivity index (χ1v) is 7.57. The summed E-state index contributed by atoms with van der Waals surface area (Å²) < 4.78 is 0. The minimum absolute atomic E-state index is 0.00364. The van der Waals surface area contributed by atoms with Crippen LogP contribution in [0.1, 0.15) is 18.4 Å². The number of rotatable bonds is 3. The summed E-state index contributed by atoms with van der Waals surface area (Å²) in [5, 5.41) is 2.76. The number of amides is 2. The summed E-state index contributed by atoms with van der Waals surface area (Å²) in [6.45, 7) is 4.21. The molecule has 21 heavy (non-hydrogen) atoms. The van der Waals surface area contributed by atoms with Gasteiger partial charge in [-0.25, -0.2) is 0 Å². The van der Waals surface area contributed by atoms with Gasteiger partial charge in [0.15, 0.2) is 0 Å². The van der Waals surface area contributed by atoms with Crippen molar-refractivity contribution in [1.29, 1.82) is 0 Å². The Morgan fingerprint density at radius 2 is 1.86 bits per heavy atom. The van der Waals surface area contributed by atoms with Crippen molar-refractivity contribution in [2.45, 2.75) is 25.4 Å². The first kappa shape index (κ1) is 14.1. The number of nitrogens with zero attached hydrogens (tertiary/aromatic N) is 2. The van der Waals surface area contributed by atoms with Gasteiger partial charge < -0.3 is 10.2 Å². The summed E-state index contributed by atoms with van der Waals surface area (Å²) in [6.07, 6.45) is 1.12. The van der Waals surface area contributed by atoms with E-state index in [-0.39, 0.29) is 17.9 Å². The lowest BCUT2D eigenvalue weighted by Gasteiger charge is -2.35. The third-order valence-electron chi connectivity index (χ3n) is 4.23. The first-order valence-electron chi connectivity index (χ1n) is 7.57. The lowest BCUT2D eigenvalue weighted by Crippen LogP contribution is -2.53. The molecule has 1 atom stereocenters. The van der Waals surface area contributed by atoms with Gasteiger partial charge in [0.1, 0.15) is 6.04 Å². The smallest absolute Gasteiger partial charge is 0.245 e. The van der Waals surface area contributed by atoms with Crippen molar-refractivity contribution in [3.8, 4) is 0 Å². The van der Waals surface area contributed by atoms with E-state index in [9.17, 15) is 9.59 Å². The number of hydrogen-bond donors (Lipinski definition) is 1. The van der Waals surface area contributed by atoms with Gasteiger partial charge >= 0.3 is 0 Å². The Morgan fingerprint density at radius 1 is 1.14 bits per heavy atom. The number of piperazine rings is 1. The van der Waals surface area contributed by atoms with Crippen LogP contribution < -0.4 is 5.32 Å². The second kappa shape index (κ2) is 6.26. The summed E-state index contributed by atoms with van der Waals surface area (Å²) in [5.41, 5.74) is 1.31. The van der Waals surface area contributed by atoms with E-state index >= 15 is 0 Å². The Morgan fingerprint density at radius 3 is 2.48 bits per heavy atom. The fraction of sp³-hybridized carbons (Fsp3) is 0.500. The highest BCUT2D eigenvalue weighted by molar-refractivity contribution is 5.90. The average molecular weight is 287 g/mol. The molecule has 2 aliphatic rings. The number of nitrogens with one attached hydrogen (secondary N) is 1. The summed E-state index contributed by atoms with van der Waals surface area (Å²) in [6, 6.07) is 10.1. The molecule has 1 aromatic rings. The zero-order chi connectivity index (χ0) is 14.7. The maximum Gasteiger partial charge on any atom is 0.245 e. The van der Waals surface area contributed by atoms with Crippen LogP contribution in [0, 0.1) is 0 Å². The molecular formula is C16H21N3O2. The van der Waals surface area contributed by atoms with E-state index in [1.54, 1.807) is 0 Å². The van der Waals surface area contributed by atoms with Gasteiger partial charge in [0.25, 0.3) is 0 Å². The second-order valence-corrected chi connectivity index (χ2v) is 5.75. The van der Waals surface area contributed by atoms with Crippen LogP contribution in [0.3, 0.4) is 0 Å². The van der Waals surface area contributed by atoms with Crippen LogP contribution in [-0.2, 0) is 16.1 Å². The third kappa shape index (κ3) is 3.42. The lowest BCUT2D eigenvalue weighted by atomic mass is 10.1. The summed E-state index contributed by atoms with van der Waals surface area (Å²) in [7, 11) is 0. The van der Waals surface area contributed by atoms with Gasteiger partial charge in [-0.3, -0.25) is 14.5 Å². The average Bonchev–Trinajstić information content (AvgIpc) is 2.95. The molecule has 2 fully saturated rings. The van der Waals surface area contributed by atoms with Gasteiger partial charge in [-0.2, -0.15) is 0 Å². The van der Waals surface area contributed by atoms with E-state index in [0.29, 0.717) is 12.8 Å². The quantitative estimate of drug-likeness (QED) is 0.886. The SMILES string of the molecule is O=C1CC[C@H](C(=O)N2CCN(Cc3ccccc3)CC2)N1. The lowest BCUT2D eigenvalue weighted by molar-refractivity contribution is -0.136.